The van der Waals surface area contributed by atoms with Gasteiger partial charge < -0.3 is 4.90 Å². The Balaban J connectivity index is 1.47. The molecule has 1 unspecified atom stereocenters. The predicted octanol–water partition coefficient (Wildman–Crippen LogP) is 2.79. The highest BCUT2D eigenvalue weighted by Gasteiger charge is 2.34. The lowest BCUT2D eigenvalue weighted by Gasteiger charge is -2.32. The monoisotopic (exact) mass is 414 g/mol. The molecule has 0 amide bonds. The first-order valence-electron chi connectivity index (χ1n) is 10.7. The van der Waals surface area contributed by atoms with Gasteiger partial charge in [-0.05, 0) is 52.2 Å². The Labute approximate surface area is 181 Å². The van der Waals surface area contributed by atoms with Crippen LogP contribution in [0, 0.1) is 5.82 Å². The van der Waals surface area contributed by atoms with Crippen molar-refractivity contribution in [2.45, 2.75) is 32.0 Å². The summed E-state index contributed by atoms with van der Waals surface area (Å²) in [5.41, 5.74) is 5.06. The van der Waals surface area contributed by atoms with Crippen LogP contribution < -0.4 is 4.90 Å². The maximum atomic E-state index is 13.7. The van der Waals surface area contributed by atoms with Crippen molar-refractivity contribution < 1.29 is 9.29 Å². The molecule has 4 aromatic rings. The second kappa shape index (κ2) is 8.78. The number of aromatic nitrogens is 4. The van der Waals surface area contributed by atoms with Crippen LogP contribution in [0.2, 0.25) is 0 Å². The minimum atomic E-state index is -0.231. The fourth-order valence-electron chi connectivity index (χ4n) is 4.53. The second-order valence-corrected chi connectivity index (χ2v) is 8.08. The highest BCUT2D eigenvalue weighted by molar-refractivity contribution is 5.28. The summed E-state index contributed by atoms with van der Waals surface area (Å²) in [4.78, 5) is 1.38. The molecule has 156 valence electrons. The maximum absolute atomic E-state index is 13.7. The number of hydrogen-bond donors (Lipinski definition) is 1. The van der Waals surface area contributed by atoms with E-state index in [2.05, 4.69) is 51.9 Å². The van der Waals surface area contributed by atoms with Crippen LogP contribution in [0.25, 0.3) is 0 Å². The van der Waals surface area contributed by atoms with E-state index in [0.717, 1.165) is 37.3 Å². The fraction of sp³-hybridized carbons (Fsp3) is 0.240. The summed E-state index contributed by atoms with van der Waals surface area (Å²) in [5, 5.41) is 12.8. The summed E-state index contributed by atoms with van der Waals surface area (Å²) >= 11 is 0. The molecule has 1 aliphatic rings. The molecule has 0 saturated carbocycles. The lowest BCUT2D eigenvalue weighted by atomic mass is 9.96. The van der Waals surface area contributed by atoms with Crippen LogP contribution in [0.3, 0.4) is 0 Å². The van der Waals surface area contributed by atoms with Crippen molar-refractivity contribution in [1.82, 2.24) is 20.2 Å². The molecule has 0 spiro atoms. The SMILES string of the molecule is Fc1ccc([C@@H](c2nnnn2CCc2ccccc2)[NH+]2CCc3ccccc3C2)cc1. The number of aryl methyl sites for hydroxylation is 2. The van der Waals surface area contributed by atoms with Crippen molar-refractivity contribution in [1.29, 1.82) is 0 Å². The topological polar surface area (TPSA) is 48.0 Å². The Morgan fingerprint density at radius 1 is 0.903 bits per heavy atom. The number of hydrogen-bond acceptors (Lipinski definition) is 3. The molecule has 1 aliphatic heterocycles. The van der Waals surface area contributed by atoms with Gasteiger partial charge in [0.15, 0.2) is 6.04 Å². The highest BCUT2D eigenvalue weighted by atomic mass is 19.1. The van der Waals surface area contributed by atoms with Gasteiger partial charge in [0.1, 0.15) is 12.4 Å². The van der Waals surface area contributed by atoms with Gasteiger partial charge in [-0.15, -0.1) is 5.10 Å². The molecule has 2 atom stereocenters. The maximum Gasteiger partial charge on any atom is 0.214 e. The van der Waals surface area contributed by atoms with Gasteiger partial charge in [-0.2, -0.15) is 0 Å². The van der Waals surface area contributed by atoms with E-state index >= 15 is 0 Å². The van der Waals surface area contributed by atoms with Gasteiger partial charge in [0.2, 0.25) is 5.82 Å². The van der Waals surface area contributed by atoms with Crippen molar-refractivity contribution in [2.75, 3.05) is 6.54 Å². The Morgan fingerprint density at radius 3 is 2.45 bits per heavy atom. The standard InChI is InChI=1S/C25H24FN5/c26-23-12-10-21(11-13-23)24(30-16-15-20-8-4-5-9-22(20)18-30)25-27-28-29-31(25)17-14-19-6-2-1-3-7-19/h1-13,24H,14-18H2/p+1/t24-/m0/s1. The molecule has 0 saturated heterocycles. The molecule has 1 aromatic heterocycles. The average Bonchev–Trinajstić information content (AvgIpc) is 3.28. The molecule has 2 heterocycles. The number of tetrazole rings is 1. The summed E-state index contributed by atoms with van der Waals surface area (Å²) in [5.74, 6) is 0.599. The lowest BCUT2D eigenvalue weighted by Crippen LogP contribution is -3.12. The number of rotatable bonds is 6. The van der Waals surface area contributed by atoms with E-state index in [1.807, 2.05) is 35.0 Å². The Bertz CT molecular complexity index is 1140. The summed E-state index contributed by atoms with van der Waals surface area (Å²) in [6.45, 7) is 2.57. The quantitative estimate of drug-likeness (QED) is 0.528. The second-order valence-electron chi connectivity index (χ2n) is 8.08. The number of benzene rings is 3. The predicted molar refractivity (Wildman–Crippen MR) is 116 cm³/mol. The zero-order chi connectivity index (χ0) is 21.0. The van der Waals surface area contributed by atoms with E-state index in [1.54, 1.807) is 0 Å². The smallest absolute Gasteiger partial charge is 0.214 e. The Hall–Kier alpha value is -3.38. The normalized spacial score (nSPS) is 16.6. The van der Waals surface area contributed by atoms with Crippen LogP contribution in [-0.4, -0.2) is 26.8 Å². The number of nitrogens with zero attached hydrogens (tertiary/aromatic N) is 4. The molecular weight excluding hydrogens is 389 g/mol. The van der Waals surface area contributed by atoms with Gasteiger partial charge in [-0.25, -0.2) is 9.07 Å². The van der Waals surface area contributed by atoms with Crippen LogP contribution in [0.1, 0.15) is 34.1 Å². The van der Waals surface area contributed by atoms with Crippen molar-refractivity contribution in [3.8, 4) is 0 Å². The molecule has 6 heteroatoms. The van der Waals surface area contributed by atoms with Gasteiger partial charge in [0, 0.05) is 24.1 Å². The molecule has 0 fully saturated rings. The molecule has 0 radical (unpaired) electrons. The van der Waals surface area contributed by atoms with Crippen LogP contribution >= 0.6 is 0 Å². The third-order valence-electron chi connectivity index (χ3n) is 6.14. The molecule has 1 N–H and O–H groups in total. The third kappa shape index (κ3) is 4.25. The zero-order valence-corrected chi connectivity index (χ0v) is 17.3. The summed E-state index contributed by atoms with van der Waals surface area (Å²) < 4.78 is 15.6. The summed E-state index contributed by atoms with van der Waals surface area (Å²) in [6, 6.07) is 25.7. The van der Waals surface area contributed by atoms with E-state index in [4.69, 9.17) is 0 Å². The first-order chi connectivity index (χ1) is 15.3. The average molecular weight is 415 g/mol. The number of quaternary nitrogens is 1. The van der Waals surface area contributed by atoms with E-state index < -0.39 is 0 Å². The molecular formula is C25H25FN5+. The summed E-state index contributed by atoms with van der Waals surface area (Å²) in [7, 11) is 0. The van der Waals surface area contributed by atoms with Crippen molar-refractivity contribution in [3.63, 3.8) is 0 Å². The number of halogens is 1. The highest BCUT2D eigenvalue weighted by Crippen LogP contribution is 2.21. The van der Waals surface area contributed by atoms with Crippen LogP contribution in [0.15, 0.2) is 78.9 Å². The van der Waals surface area contributed by atoms with Gasteiger partial charge in [0.25, 0.3) is 0 Å². The van der Waals surface area contributed by atoms with Gasteiger partial charge in [-0.3, -0.25) is 0 Å². The Morgan fingerprint density at radius 2 is 1.65 bits per heavy atom. The van der Waals surface area contributed by atoms with E-state index in [9.17, 15) is 4.39 Å². The molecule has 0 aliphatic carbocycles. The van der Waals surface area contributed by atoms with E-state index in [-0.39, 0.29) is 11.9 Å². The van der Waals surface area contributed by atoms with Crippen molar-refractivity contribution >= 4 is 0 Å². The minimum Gasteiger partial charge on any atom is -0.318 e. The largest absolute Gasteiger partial charge is 0.318 e. The first-order valence-corrected chi connectivity index (χ1v) is 10.7. The first kappa shape index (κ1) is 19.6. The number of fused-ring (bicyclic) bond motifs is 1. The minimum absolute atomic E-state index is 0.0558. The summed E-state index contributed by atoms with van der Waals surface area (Å²) in [6.07, 6.45) is 1.86. The van der Waals surface area contributed by atoms with E-state index in [0.29, 0.717) is 6.54 Å². The van der Waals surface area contributed by atoms with Crippen molar-refractivity contribution in [2.24, 2.45) is 0 Å². The fourth-order valence-corrected chi connectivity index (χ4v) is 4.53. The molecule has 0 bridgehead atoms. The van der Waals surface area contributed by atoms with E-state index in [1.165, 1.54) is 33.7 Å². The van der Waals surface area contributed by atoms with Gasteiger partial charge in [0.05, 0.1) is 6.54 Å². The van der Waals surface area contributed by atoms with Gasteiger partial charge in [-0.1, -0.05) is 54.6 Å². The van der Waals surface area contributed by atoms with Crippen LogP contribution in [-0.2, 0) is 25.9 Å². The van der Waals surface area contributed by atoms with Crippen LogP contribution in [0.5, 0.6) is 0 Å². The molecule has 5 nitrogen and oxygen atoms in total. The third-order valence-corrected chi connectivity index (χ3v) is 6.14. The molecule has 5 rings (SSSR count). The zero-order valence-electron chi connectivity index (χ0n) is 17.3. The number of nitrogens with one attached hydrogen (secondary N) is 1. The lowest BCUT2D eigenvalue weighted by molar-refractivity contribution is -0.941. The van der Waals surface area contributed by atoms with Crippen molar-refractivity contribution in [3.05, 3.63) is 113 Å². The molecule has 3 aromatic carbocycles. The van der Waals surface area contributed by atoms with Gasteiger partial charge >= 0.3 is 0 Å². The Kier molecular flexibility index (Phi) is 5.54. The molecule has 31 heavy (non-hydrogen) atoms. The van der Waals surface area contributed by atoms with Crippen LogP contribution in [0.4, 0.5) is 4.39 Å².